The van der Waals surface area contributed by atoms with Gasteiger partial charge >= 0.3 is 18.2 Å². The first-order chi connectivity index (χ1) is 10.7. The molecule has 5 nitrogen and oxygen atoms in total. The highest BCUT2D eigenvalue weighted by Crippen LogP contribution is 2.38. The van der Waals surface area contributed by atoms with Crippen molar-refractivity contribution in [3.8, 4) is 0 Å². The summed E-state index contributed by atoms with van der Waals surface area (Å²) in [5, 5.41) is 11.5. The van der Waals surface area contributed by atoms with Crippen LogP contribution < -0.4 is 5.32 Å². The Morgan fingerprint density at radius 2 is 1.96 bits per heavy atom. The van der Waals surface area contributed by atoms with Gasteiger partial charge in [0.25, 0.3) is 0 Å². The van der Waals surface area contributed by atoms with Gasteiger partial charge in [-0.15, -0.1) is 11.8 Å². The van der Waals surface area contributed by atoms with E-state index in [0.717, 1.165) is 9.80 Å². The van der Waals surface area contributed by atoms with Gasteiger partial charge < -0.3 is 15.3 Å². The molecule has 2 atom stereocenters. The van der Waals surface area contributed by atoms with E-state index in [9.17, 15) is 22.8 Å². The number of carbonyl (C=O) groups excluding carboxylic acids is 1. The van der Waals surface area contributed by atoms with Crippen molar-refractivity contribution in [2.24, 2.45) is 11.8 Å². The molecule has 2 rings (SSSR count). The molecule has 1 fully saturated rings. The number of nitrogens with one attached hydrogen (secondary N) is 1. The number of halogens is 3. The Labute approximate surface area is 134 Å². The van der Waals surface area contributed by atoms with Gasteiger partial charge in [-0.1, -0.05) is 12.1 Å². The van der Waals surface area contributed by atoms with Gasteiger partial charge in [0.05, 0.1) is 17.5 Å². The van der Waals surface area contributed by atoms with Crippen LogP contribution in [0.1, 0.15) is 0 Å². The van der Waals surface area contributed by atoms with Crippen molar-refractivity contribution < 1.29 is 27.9 Å². The summed E-state index contributed by atoms with van der Waals surface area (Å²) in [6, 6.07) is 6.14. The van der Waals surface area contributed by atoms with Gasteiger partial charge in [-0.05, 0) is 18.4 Å². The number of carboxylic acids is 1. The van der Waals surface area contributed by atoms with Crippen LogP contribution in [0, 0.1) is 11.8 Å². The molecule has 0 bridgehead atoms. The first-order valence-electron chi connectivity index (χ1n) is 6.72. The zero-order chi connectivity index (χ0) is 17.2. The van der Waals surface area contributed by atoms with Crippen LogP contribution in [-0.4, -0.2) is 47.5 Å². The summed E-state index contributed by atoms with van der Waals surface area (Å²) in [5.74, 6) is -5.25. The third-order valence-corrected chi connectivity index (χ3v) is 4.49. The highest BCUT2D eigenvalue weighted by Gasteiger charge is 2.53. The zero-order valence-corrected chi connectivity index (χ0v) is 12.9. The maximum atomic E-state index is 12.9. The minimum Gasteiger partial charge on any atom is -0.481 e. The fourth-order valence-corrected chi connectivity index (χ4v) is 3.05. The molecule has 0 aromatic heterocycles. The lowest BCUT2D eigenvalue weighted by Crippen LogP contribution is -2.35. The number of amides is 2. The normalized spacial score (nSPS) is 21.3. The van der Waals surface area contributed by atoms with Crippen molar-refractivity contribution in [1.29, 1.82) is 0 Å². The largest absolute Gasteiger partial charge is 0.481 e. The molecule has 0 spiro atoms. The Hall–Kier alpha value is -1.90. The van der Waals surface area contributed by atoms with Crippen LogP contribution in [0.15, 0.2) is 29.2 Å². The Bertz CT molecular complexity index is 609. The standard InChI is InChI=1S/C14H15F3N2O3S/c1-23-11-5-3-2-4-10(11)18-13(22)19-6-8(12(20)21)9(7-19)14(15,16)17/h2-5,8-9H,6-7H2,1H3,(H,18,22)(H,20,21)/t8-,9-/m1/s1. The van der Waals surface area contributed by atoms with Crippen molar-refractivity contribution in [3.05, 3.63) is 24.3 Å². The second kappa shape index (κ2) is 6.69. The number of likely N-dealkylation sites (tertiary alicyclic amines) is 1. The van der Waals surface area contributed by atoms with E-state index < -0.39 is 43.1 Å². The van der Waals surface area contributed by atoms with Crippen LogP contribution in [-0.2, 0) is 4.79 Å². The number of nitrogens with zero attached hydrogens (tertiary/aromatic N) is 1. The molecule has 1 aromatic rings. The van der Waals surface area contributed by atoms with E-state index in [1.165, 1.54) is 11.8 Å². The fraction of sp³-hybridized carbons (Fsp3) is 0.429. The topological polar surface area (TPSA) is 69.6 Å². The molecule has 0 radical (unpaired) electrons. The second-order valence-electron chi connectivity index (χ2n) is 5.13. The number of alkyl halides is 3. The summed E-state index contributed by atoms with van der Waals surface area (Å²) in [4.78, 5) is 24.9. The molecule has 1 aliphatic rings. The minimum absolute atomic E-state index is 0.465. The average Bonchev–Trinajstić information content (AvgIpc) is 2.93. The zero-order valence-electron chi connectivity index (χ0n) is 12.1. The van der Waals surface area contributed by atoms with Crippen LogP contribution in [0.5, 0.6) is 0 Å². The molecule has 1 aliphatic heterocycles. The van der Waals surface area contributed by atoms with Gasteiger partial charge in [0.1, 0.15) is 0 Å². The van der Waals surface area contributed by atoms with Gasteiger partial charge in [-0.2, -0.15) is 13.2 Å². The number of para-hydroxylation sites is 1. The molecule has 9 heteroatoms. The Kier molecular flexibility index (Phi) is 5.08. The lowest BCUT2D eigenvalue weighted by molar-refractivity contribution is -0.187. The van der Waals surface area contributed by atoms with Gasteiger partial charge in [0.15, 0.2) is 0 Å². The maximum Gasteiger partial charge on any atom is 0.394 e. The van der Waals surface area contributed by atoms with Gasteiger partial charge in [0.2, 0.25) is 0 Å². The van der Waals surface area contributed by atoms with E-state index in [1.807, 2.05) is 0 Å². The predicted octanol–water partition coefficient (Wildman–Crippen LogP) is 3.14. The van der Waals surface area contributed by atoms with E-state index in [4.69, 9.17) is 5.11 Å². The van der Waals surface area contributed by atoms with E-state index in [-0.39, 0.29) is 0 Å². The number of hydrogen-bond acceptors (Lipinski definition) is 3. The number of carboxylic acid groups (broad SMARTS) is 1. The molecular weight excluding hydrogens is 333 g/mol. The molecule has 23 heavy (non-hydrogen) atoms. The smallest absolute Gasteiger partial charge is 0.394 e. The highest BCUT2D eigenvalue weighted by atomic mass is 32.2. The summed E-state index contributed by atoms with van der Waals surface area (Å²) in [6.07, 6.45) is -2.85. The number of carbonyl (C=O) groups is 2. The molecule has 2 N–H and O–H groups in total. The lowest BCUT2D eigenvalue weighted by Gasteiger charge is -2.19. The molecular formula is C14H15F3N2O3S. The summed E-state index contributed by atoms with van der Waals surface area (Å²) in [5.41, 5.74) is 0.479. The number of anilines is 1. The lowest BCUT2D eigenvalue weighted by atomic mass is 9.96. The number of urea groups is 1. The van der Waals surface area contributed by atoms with Crippen molar-refractivity contribution in [2.75, 3.05) is 24.7 Å². The quantitative estimate of drug-likeness (QED) is 0.824. The van der Waals surface area contributed by atoms with Crippen molar-refractivity contribution in [2.45, 2.75) is 11.1 Å². The third-order valence-electron chi connectivity index (χ3n) is 3.69. The Morgan fingerprint density at radius 3 is 2.48 bits per heavy atom. The van der Waals surface area contributed by atoms with E-state index in [1.54, 1.807) is 30.5 Å². The maximum absolute atomic E-state index is 12.9. The van der Waals surface area contributed by atoms with Gasteiger partial charge in [-0.25, -0.2) is 4.79 Å². The minimum atomic E-state index is -4.66. The van der Waals surface area contributed by atoms with Crippen LogP contribution in [0.25, 0.3) is 0 Å². The third kappa shape index (κ3) is 3.90. The second-order valence-corrected chi connectivity index (χ2v) is 5.98. The van der Waals surface area contributed by atoms with E-state index >= 15 is 0 Å². The van der Waals surface area contributed by atoms with Crippen molar-refractivity contribution in [1.82, 2.24) is 4.90 Å². The Morgan fingerprint density at radius 1 is 1.30 bits per heavy atom. The summed E-state index contributed by atoms with van der Waals surface area (Å²) in [7, 11) is 0. The molecule has 0 unspecified atom stereocenters. The van der Waals surface area contributed by atoms with Crippen molar-refractivity contribution in [3.63, 3.8) is 0 Å². The van der Waals surface area contributed by atoms with Crippen molar-refractivity contribution >= 4 is 29.4 Å². The molecule has 2 amide bonds. The highest BCUT2D eigenvalue weighted by molar-refractivity contribution is 7.98. The van der Waals surface area contributed by atoms with E-state index in [0.29, 0.717) is 5.69 Å². The average molecular weight is 348 g/mol. The summed E-state index contributed by atoms with van der Waals surface area (Å²) in [6.45, 7) is -1.12. The Balaban J connectivity index is 2.13. The molecule has 1 heterocycles. The molecule has 0 saturated carbocycles. The summed E-state index contributed by atoms with van der Waals surface area (Å²) < 4.78 is 38.8. The fourth-order valence-electron chi connectivity index (χ4n) is 2.49. The van der Waals surface area contributed by atoms with Crippen LogP contribution in [0.4, 0.5) is 23.7 Å². The van der Waals surface area contributed by atoms with Crippen LogP contribution >= 0.6 is 11.8 Å². The van der Waals surface area contributed by atoms with Crippen LogP contribution in [0.2, 0.25) is 0 Å². The van der Waals surface area contributed by atoms with Gasteiger partial charge in [-0.3, -0.25) is 4.79 Å². The summed E-state index contributed by atoms with van der Waals surface area (Å²) >= 11 is 1.38. The van der Waals surface area contributed by atoms with E-state index in [2.05, 4.69) is 5.32 Å². The number of hydrogen-bond donors (Lipinski definition) is 2. The first kappa shape index (κ1) is 17.5. The first-order valence-corrected chi connectivity index (χ1v) is 7.95. The monoisotopic (exact) mass is 348 g/mol. The molecule has 1 aromatic carbocycles. The molecule has 126 valence electrons. The number of thioether (sulfide) groups is 1. The number of benzene rings is 1. The number of rotatable bonds is 3. The molecule has 1 saturated heterocycles. The SMILES string of the molecule is CSc1ccccc1NC(=O)N1C[C@@H](C(F)(F)F)[C@H](C(=O)O)C1. The predicted molar refractivity (Wildman–Crippen MR) is 79.5 cm³/mol. The molecule has 0 aliphatic carbocycles. The van der Waals surface area contributed by atoms with Crippen LogP contribution in [0.3, 0.4) is 0 Å². The number of aliphatic carboxylic acids is 1. The van der Waals surface area contributed by atoms with Gasteiger partial charge in [0, 0.05) is 18.0 Å².